The molecule has 1 atom stereocenters. The van der Waals surface area contributed by atoms with E-state index in [-0.39, 0.29) is 30.7 Å². The van der Waals surface area contributed by atoms with Gasteiger partial charge in [-0.05, 0) is 38.5 Å². The predicted molar refractivity (Wildman–Crippen MR) is 104 cm³/mol. The zero-order valence-electron chi connectivity index (χ0n) is 16.5. The minimum absolute atomic E-state index is 0.0208. The molecule has 1 unspecified atom stereocenters. The first-order chi connectivity index (χ1) is 13.5. The summed E-state index contributed by atoms with van der Waals surface area (Å²) >= 11 is 0. The molecule has 0 aliphatic carbocycles. The molecule has 3 heterocycles. The number of piperazine rings is 1. The number of carbonyl (C=O) groups is 1. The maximum absolute atomic E-state index is 12.7. The van der Waals surface area contributed by atoms with Gasteiger partial charge in [0.15, 0.2) is 0 Å². The Hall–Kier alpha value is -2.45. The minimum atomic E-state index is -0.313. The third-order valence-corrected chi connectivity index (χ3v) is 5.25. The van der Waals surface area contributed by atoms with Crippen LogP contribution in [0.4, 0.5) is 0 Å². The highest BCUT2D eigenvalue weighted by Crippen LogP contribution is 2.17. The van der Waals surface area contributed by atoms with Gasteiger partial charge in [0.05, 0.1) is 12.8 Å². The van der Waals surface area contributed by atoms with Crippen molar-refractivity contribution in [3.05, 3.63) is 52.1 Å². The molecule has 28 heavy (non-hydrogen) atoms. The van der Waals surface area contributed by atoms with E-state index in [1.54, 1.807) is 17.8 Å². The van der Waals surface area contributed by atoms with E-state index in [1.165, 1.54) is 0 Å². The van der Waals surface area contributed by atoms with Crippen LogP contribution in [0.25, 0.3) is 0 Å². The van der Waals surface area contributed by atoms with Crippen molar-refractivity contribution in [3.8, 4) is 0 Å². The van der Waals surface area contributed by atoms with Crippen LogP contribution in [0.5, 0.6) is 0 Å². The second-order valence-corrected chi connectivity index (χ2v) is 7.28. The standard InChI is InChI=1S/C20H28N4O4/c1-15-12-16(2)24(20(27)21-15)7-5-19(26)23-9-8-22(17(13-23)6-10-25)14-18-4-3-11-28-18/h3-4,11-12,17,25H,5-10,13-14H2,1-2H3. The number of rotatable bonds is 7. The van der Waals surface area contributed by atoms with Gasteiger partial charge in [0, 0.05) is 56.6 Å². The van der Waals surface area contributed by atoms with E-state index in [0.29, 0.717) is 38.3 Å². The molecule has 8 nitrogen and oxygen atoms in total. The molecular weight excluding hydrogens is 360 g/mol. The molecule has 3 rings (SSSR count). The lowest BCUT2D eigenvalue weighted by Crippen LogP contribution is -2.54. The Labute approximate surface area is 164 Å². The quantitative estimate of drug-likeness (QED) is 0.759. The van der Waals surface area contributed by atoms with Crippen molar-refractivity contribution in [1.82, 2.24) is 19.4 Å². The number of aryl methyl sites for hydroxylation is 2. The van der Waals surface area contributed by atoms with Gasteiger partial charge in [-0.15, -0.1) is 0 Å². The van der Waals surface area contributed by atoms with Crippen LogP contribution in [0.2, 0.25) is 0 Å². The Morgan fingerprint density at radius 1 is 1.36 bits per heavy atom. The maximum atomic E-state index is 12.7. The second kappa shape index (κ2) is 9.16. The summed E-state index contributed by atoms with van der Waals surface area (Å²) < 4.78 is 6.98. The van der Waals surface area contributed by atoms with Crippen LogP contribution in [0, 0.1) is 13.8 Å². The Morgan fingerprint density at radius 3 is 2.86 bits per heavy atom. The Kier molecular flexibility index (Phi) is 6.64. The summed E-state index contributed by atoms with van der Waals surface area (Å²) in [4.78, 5) is 32.8. The average molecular weight is 388 g/mol. The molecule has 1 aliphatic heterocycles. The first-order valence-corrected chi connectivity index (χ1v) is 9.68. The van der Waals surface area contributed by atoms with Gasteiger partial charge in [-0.1, -0.05) is 0 Å². The van der Waals surface area contributed by atoms with Crippen molar-refractivity contribution in [3.63, 3.8) is 0 Å². The van der Waals surface area contributed by atoms with Crippen molar-refractivity contribution in [1.29, 1.82) is 0 Å². The summed E-state index contributed by atoms with van der Waals surface area (Å²) in [5.41, 5.74) is 1.18. The second-order valence-electron chi connectivity index (χ2n) is 7.28. The molecule has 2 aromatic heterocycles. The number of aliphatic hydroxyl groups is 1. The highest BCUT2D eigenvalue weighted by molar-refractivity contribution is 5.76. The fourth-order valence-corrected chi connectivity index (χ4v) is 3.77. The SMILES string of the molecule is Cc1cc(C)n(CCC(=O)N2CCN(Cc3ccco3)C(CCO)C2)c(=O)n1. The first-order valence-electron chi connectivity index (χ1n) is 9.68. The van der Waals surface area contributed by atoms with Crippen LogP contribution in [0.15, 0.2) is 33.7 Å². The Morgan fingerprint density at radius 2 is 2.18 bits per heavy atom. The number of furan rings is 1. The molecule has 0 spiro atoms. The van der Waals surface area contributed by atoms with Gasteiger partial charge < -0.3 is 14.4 Å². The van der Waals surface area contributed by atoms with Gasteiger partial charge in [-0.25, -0.2) is 4.79 Å². The smallest absolute Gasteiger partial charge is 0.347 e. The van der Waals surface area contributed by atoms with E-state index >= 15 is 0 Å². The lowest BCUT2D eigenvalue weighted by Gasteiger charge is -2.41. The molecule has 2 aromatic rings. The van der Waals surface area contributed by atoms with Crippen molar-refractivity contribution in [2.45, 2.75) is 45.8 Å². The Balaban J connectivity index is 1.59. The van der Waals surface area contributed by atoms with Crippen LogP contribution in [0.1, 0.15) is 30.0 Å². The van der Waals surface area contributed by atoms with E-state index in [1.807, 2.05) is 30.0 Å². The Bertz CT molecular complexity index is 846. The van der Waals surface area contributed by atoms with Gasteiger partial charge >= 0.3 is 5.69 Å². The number of nitrogens with zero attached hydrogens (tertiary/aromatic N) is 4. The summed E-state index contributed by atoms with van der Waals surface area (Å²) in [5.74, 6) is 0.900. The molecule has 8 heteroatoms. The number of aromatic nitrogens is 2. The van der Waals surface area contributed by atoms with Gasteiger partial charge in [0.2, 0.25) is 5.91 Å². The molecule has 1 N–H and O–H groups in total. The highest BCUT2D eigenvalue weighted by Gasteiger charge is 2.29. The van der Waals surface area contributed by atoms with E-state index in [0.717, 1.165) is 18.0 Å². The number of hydrogen-bond acceptors (Lipinski definition) is 6. The summed E-state index contributed by atoms with van der Waals surface area (Å²) in [7, 11) is 0. The fourth-order valence-electron chi connectivity index (χ4n) is 3.77. The molecule has 0 saturated carbocycles. The van der Waals surface area contributed by atoms with Gasteiger partial charge in [0.25, 0.3) is 0 Å². The molecule has 0 bridgehead atoms. The van der Waals surface area contributed by atoms with Crippen LogP contribution < -0.4 is 5.69 Å². The molecular formula is C20H28N4O4. The van der Waals surface area contributed by atoms with E-state index in [4.69, 9.17) is 4.42 Å². The average Bonchev–Trinajstić information content (AvgIpc) is 3.15. The number of carbonyl (C=O) groups excluding carboxylic acids is 1. The lowest BCUT2D eigenvalue weighted by molar-refractivity contribution is -0.134. The third-order valence-electron chi connectivity index (χ3n) is 5.25. The maximum Gasteiger partial charge on any atom is 0.347 e. The largest absolute Gasteiger partial charge is 0.468 e. The topological polar surface area (TPSA) is 91.8 Å². The van der Waals surface area contributed by atoms with Gasteiger partial charge in [0.1, 0.15) is 5.76 Å². The van der Waals surface area contributed by atoms with E-state index in [9.17, 15) is 14.7 Å². The number of amides is 1. The molecule has 1 saturated heterocycles. The molecule has 0 aromatic carbocycles. The van der Waals surface area contributed by atoms with Crippen LogP contribution in [0.3, 0.4) is 0 Å². The molecule has 1 fully saturated rings. The van der Waals surface area contributed by atoms with Gasteiger partial charge in [-0.2, -0.15) is 4.98 Å². The summed E-state index contributed by atoms with van der Waals surface area (Å²) in [6.07, 6.45) is 2.51. The lowest BCUT2D eigenvalue weighted by atomic mass is 10.1. The van der Waals surface area contributed by atoms with E-state index in [2.05, 4.69) is 9.88 Å². The van der Waals surface area contributed by atoms with Crippen molar-refractivity contribution in [2.24, 2.45) is 0 Å². The molecule has 152 valence electrons. The van der Waals surface area contributed by atoms with E-state index < -0.39 is 0 Å². The fraction of sp³-hybridized carbons (Fsp3) is 0.550. The monoisotopic (exact) mass is 388 g/mol. The molecule has 0 radical (unpaired) electrons. The van der Waals surface area contributed by atoms with Crippen molar-refractivity contribution < 1.29 is 14.3 Å². The zero-order chi connectivity index (χ0) is 20.1. The van der Waals surface area contributed by atoms with Crippen molar-refractivity contribution in [2.75, 3.05) is 26.2 Å². The summed E-state index contributed by atoms with van der Waals surface area (Å²) in [6, 6.07) is 5.72. The zero-order valence-corrected chi connectivity index (χ0v) is 16.5. The van der Waals surface area contributed by atoms with Gasteiger partial charge in [-0.3, -0.25) is 14.3 Å². The first kappa shape index (κ1) is 20.3. The summed E-state index contributed by atoms with van der Waals surface area (Å²) in [5, 5.41) is 9.42. The number of hydrogen-bond donors (Lipinski definition) is 1. The predicted octanol–water partition coefficient (Wildman–Crippen LogP) is 0.939. The number of aliphatic hydroxyl groups excluding tert-OH is 1. The van der Waals surface area contributed by atoms with Crippen LogP contribution in [-0.2, 0) is 17.9 Å². The molecule has 1 aliphatic rings. The summed E-state index contributed by atoms with van der Waals surface area (Å²) in [6.45, 7) is 6.63. The third kappa shape index (κ3) is 4.88. The van der Waals surface area contributed by atoms with Crippen LogP contribution >= 0.6 is 0 Å². The molecule has 1 amide bonds. The van der Waals surface area contributed by atoms with Crippen LogP contribution in [-0.4, -0.2) is 62.6 Å². The minimum Gasteiger partial charge on any atom is -0.468 e. The normalized spacial score (nSPS) is 17.8. The highest BCUT2D eigenvalue weighted by atomic mass is 16.3. The van der Waals surface area contributed by atoms with Crippen molar-refractivity contribution >= 4 is 5.91 Å².